The normalized spacial score (nSPS) is 19.7. The first-order valence-corrected chi connectivity index (χ1v) is 7.96. The first-order chi connectivity index (χ1) is 12.6. The van der Waals surface area contributed by atoms with Crippen molar-refractivity contribution in [2.75, 3.05) is 0 Å². The van der Waals surface area contributed by atoms with Crippen LogP contribution in [0.1, 0.15) is 29.2 Å². The van der Waals surface area contributed by atoms with Crippen LogP contribution < -0.4 is 5.32 Å². The first-order valence-electron chi connectivity index (χ1n) is 7.96. The van der Waals surface area contributed by atoms with Crippen LogP contribution in [0, 0.1) is 11.3 Å². The molecule has 1 aliphatic rings. The number of imide groups is 1. The number of nitriles is 1. The number of rotatable bonds is 3. The molecule has 0 bridgehead atoms. The summed E-state index contributed by atoms with van der Waals surface area (Å²) in [6, 6.07) is 11.9. The molecular formula is C19H14F3N3O2. The Kier molecular flexibility index (Phi) is 4.39. The number of halogens is 3. The topological polar surface area (TPSA) is 73.2 Å². The lowest BCUT2D eigenvalue weighted by atomic mass is 9.91. The van der Waals surface area contributed by atoms with Crippen LogP contribution in [-0.2, 0) is 23.1 Å². The van der Waals surface area contributed by atoms with Crippen LogP contribution in [0.2, 0.25) is 0 Å². The van der Waals surface area contributed by atoms with Crippen molar-refractivity contribution < 1.29 is 22.8 Å². The molecule has 1 heterocycles. The van der Waals surface area contributed by atoms with E-state index in [0.29, 0.717) is 16.7 Å². The predicted molar refractivity (Wildman–Crippen MR) is 89.0 cm³/mol. The van der Waals surface area contributed by atoms with Crippen molar-refractivity contribution in [2.24, 2.45) is 0 Å². The zero-order valence-corrected chi connectivity index (χ0v) is 14.2. The van der Waals surface area contributed by atoms with E-state index >= 15 is 0 Å². The summed E-state index contributed by atoms with van der Waals surface area (Å²) in [5.41, 5.74) is -0.784. The summed E-state index contributed by atoms with van der Waals surface area (Å²) in [7, 11) is 0. The Morgan fingerprint density at radius 3 is 2.19 bits per heavy atom. The van der Waals surface area contributed by atoms with Crippen LogP contribution in [0.25, 0.3) is 0 Å². The van der Waals surface area contributed by atoms with Gasteiger partial charge in [0.1, 0.15) is 5.54 Å². The van der Waals surface area contributed by atoms with Gasteiger partial charge < -0.3 is 5.32 Å². The highest BCUT2D eigenvalue weighted by molar-refractivity contribution is 6.07. The quantitative estimate of drug-likeness (QED) is 0.837. The van der Waals surface area contributed by atoms with E-state index in [4.69, 9.17) is 5.26 Å². The monoisotopic (exact) mass is 373 g/mol. The first kappa shape index (κ1) is 18.5. The number of nitrogens with zero attached hydrogens (tertiary/aromatic N) is 2. The van der Waals surface area contributed by atoms with E-state index in [-0.39, 0.29) is 6.54 Å². The fourth-order valence-corrected chi connectivity index (χ4v) is 2.90. The molecule has 1 aliphatic heterocycles. The largest absolute Gasteiger partial charge is 0.416 e. The minimum atomic E-state index is -4.45. The molecule has 3 rings (SSSR count). The molecule has 0 saturated carbocycles. The Morgan fingerprint density at radius 1 is 1.07 bits per heavy atom. The number of hydrogen-bond donors (Lipinski definition) is 1. The predicted octanol–water partition coefficient (Wildman–Crippen LogP) is 3.54. The Labute approximate surface area is 153 Å². The molecule has 1 saturated heterocycles. The molecule has 0 aromatic heterocycles. The van der Waals surface area contributed by atoms with Gasteiger partial charge in [0.2, 0.25) is 0 Å². The van der Waals surface area contributed by atoms with E-state index in [9.17, 15) is 22.8 Å². The van der Waals surface area contributed by atoms with E-state index in [0.717, 1.165) is 17.0 Å². The summed E-state index contributed by atoms with van der Waals surface area (Å²) in [4.78, 5) is 26.1. The van der Waals surface area contributed by atoms with Crippen molar-refractivity contribution in [1.29, 1.82) is 5.26 Å². The summed E-state index contributed by atoms with van der Waals surface area (Å²) in [5.74, 6) is -0.517. The van der Waals surface area contributed by atoms with Crippen molar-refractivity contribution in [3.05, 3.63) is 70.8 Å². The van der Waals surface area contributed by atoms with E-state index in [1.165, 1.54) is 12.1 Å². The number of alkyl halides is 3. The highest BCUT2D eigenvalue weighted by Gasteiger charge is 2.48. The van der Waals surface area contributed by atoms with Gasteiger partial charge in [-0.3, -0.25) is 9.69 Å². The van der Waals surface area contributed by atoms with Crippen molar-refractivity contribution in [3.8, 4) is 6.07 Å². The van der Waals surface area contributed by atoms with Gasteiger partial charge in [-0.2, -0.15) is 18.4 Å². The highest BCUT2D eigenvalue weighted by atomic mass is 19.4. The van der Waals surface area contributed by atoms with Crippen molar-refractivity contribution in [1.82, 2.24) is 10.2 Å². The number of amides is 3. The van der Waals surface area contributed by atoms with Crippen LogP contribution >= 0.6 is 0 Å². The molecule has 27 heavy (non-hydrogen) atoms. The third kappa shape index (κ3) is 3.36. The molecule has 1 atom stereocenters. The van der Waals surface area contributed by atoms with Gasteiger partial charge >= 0.3 is 12.2 Å². The Hall–Kier alpha value is -3.34. The van der Waals surface area contributed by atoms with Crippen molar-refractivity contribution in [2.45, 2.75) is 25.2 Å². The standard InChI is InChI=1S/C19H14F3N3O2/c1-18(14-6-2-12(10-23)3-7-14)16(26)25(17(27)24-18)11-13-4-8-15(9-5-13)19(20,21)22/h2-9H,11H2,1H3,(H,24,27). The van der Waals surface area contributed by atoms with Gasteiger partial charge in [0.25, 0.3) is 5.91 Å². The second-order valence-electron chi connectivity index (χ2n) is 6.33. The summed E-state index contributed by atoms with van der Waals surface area (Å²) in [5, 5.41) is 11.5. The van der Waals surface area contributed by atoms with Gasteiger partial charge in [-0.05, 0) is 42.3 Å². The van der Waals surface area contributed by atoms with E-state index in [1.54, 1.807) is 31.2 Å². The maximum Gasteiger partial charge on any atom is 0.416 e. The number of carbonyl (C=O) groups is 2. The van der Waals surface area contributed by atoms with Crippen LogP contribution in [0.5, 0.6) is 0 Å². The Balaban J connectivity index is 1.82. The van der Waals surface area contributed by atoms with Gasteiger partial charge in [-0.1, -0.05) is 24.3 Å². The van der Waals surface area contributed by atoms with Crippen molar-refractivity contribution >= 4 is 11.9 Å². The number of benzene rings is 2. The maximum atomic E-state index is 12.8. The van der Waals surface area contributed by atoms with Gasteiger partial charge in [0, 0.05) is 0 Å². The second kappa shape index (κ2) is 6.43. The fraction of sp³-hybridized carbons (Fsp3) is 0.211. The molecule has 5 nitrogen and oxygen atoms in total. The zero-order chi connectivity index (χ0) is 19.8. The van der Waals surface area contributed by atoms with Crippen LogP contribution in [0.3, 0.4) is 0 Å². The Bertz CT molecular complexity index is 931. The van der Waals surface area contributed by atoms with Crippen LogP contribution in [-0.4, -0.2) is 16.8 Å². The number of carbonyl (C=O) groups excluding carboxylic acids is 2. The van der Waals surface area contributed by atoms with E-state index < -0.39 is 29.2 Å². The van der Waals surface area contributed by atoms with Gasteiger partial charge in [-0.25, -0.2) is 4.79 Å². The lowest BCUT2D eigenvalue weighted by molar-refractivity contribution is -0.137. The van der Waals surface area contributed by atoms with Gasteiger partial charge in [0.15, 0.2) is 0 Å². The molecular weight excluding hydrogens is 359 g/mol. The molecule has 2 aromatic rings. The van der Waals surface area contributed by atoms with Crippen LogP contribution in [0.4, 0.5) is 18.0 Å². The lowest BCUT2D eigenvalue weighted by Gasteiger charge is -2.22. The SMILES string of the molecule is CC1(c2ccc(C#N)cc2)NC(=O)N(Cc2ccc(C(F)(F)F)cc2)C1=O. The summed E-state index contributed by atoms with van der Waals surface area (Å²) >= 11 is 0. The number of nitrogens with one attached hydrogen (secondary N) is 1. The minimum Gasteiger partial charge on any atom is -0.319 e. The molecule has 0 aliphatic carbocycles. The average Bonchev–Trinajstić information content (AvgIpc) is 2.85. The third-order valence-electron chi connectivity index (χ3n) is 4.49. The molecule has 2 aromatic carbocycles. The molecule has 1 N–H and O–H groups in total. The van der Waals surface area contributed by atoms with E-state index in [1.807, 2.05) is 6.07 Å². The van der Waals surface area contributed by atoms with Crippen LogP contribution in [0.15, 0.2) is 48.5 Å². The van der Waals surface area contributed by atoms with Crippen molar-refractivity contribution in [3.63, 3.8) is 0 Å². The Morgan fingerprint density at radius 2 is 1.67 bits per heavy atom. The molecule has 1 unspecified atom stereocenters. The summed E-state index contributed by atoms with van der Waals surface area (Å²) in [6.45, 7) is 1.40. The molecule has 1 fully saturated rings. The average molecular weight is 373 g/mol. The number of hydrogen-bond acceptors (Lipinski definition) is 3. The maximum absolute atomic E-state index is 12.8. The minimum absolute atomic E-state index is 0.144. The van der Waals surface area contributed by atoms with Gasteiger partial charge in [-0.15, -0.1) is 0 Å². The molecule has 138 valence electrons. The lowest BCUT2D eigenvalue weighted by Crippen LogP contribution is -2.40. The summed E-state index contributed by atoms with van der Waals surface area (Å²) < 4.78 is 37.9. The molecule has 0 radical (unpaired) electrons. The molecule has 0 spiro atoms. The number of urea groups is 1. The summed E-state index contributed by atoms with van der Waals surface area (Å²) in [6.07, 6.45) is -4.45. The van der Waals surface area contributed by atoms with E-state index in [2.05, 4.69) is 5.32 Å². The van der Waals surface area contributed by atoms with Gasteiger partial charge in [0.05, 0.1) is 23.7 Å². The highest BCUT2D eigenvalue weighted by Crippen LogP contribution is 2.31. The molecule has 8 heteroatoms. The fourth-order valence-electron chi connectivity index (χ4n) is 2.90. The zero-order valence-electron chi connectivity index (χ0n) is 14.2. The third-order valence-corrected chi connectivity index (χ3v) is 4.49. The molecule has 3 amide bonds. The smallest absolute Gasteiger partial charge is 0.319 e. The second-order valence-corrected chi connectivity index (χ2v) is 6.33.